The molecule has 0 bridgehead atoms. The lowest BCUT2D eigenvalue weighted by Gasteiger charge is -2.21. The van der Waals surface area contributed by atoms with Gasteiger partial charge >= 0.3 is 0 Å². The number of carbonyl (C=O) groups excluding carboxylic acids is 1. The van der Waals surface area contributed by atoms with Crippen LogP contribution in [0.1, 0.15) is 12.0 Å². The van der Waals surface area contributed by atoms with Crippen LogP contribution in [-0.2, 0) is 11.3 Å². The van der Waals surface area contributed by atoms with Crippen molar-refractivity contribution in [3.63, 3.8) is 0 Å². The highest BCUT2D eigenvalue weighted by Crippen LogP contribution is 2.10. The summed E-state index contributed by atoms with van der Waals surface area (Å²) in [6.07, 6.45) is 0.794. The van der Waals surface area contributed by atoms with E-state index in [2.05, 4.69) is 5.32 Å². The fourth-order valence-corrected chi connectivity index (χ4v) is 1.80. The quantitative estimate of drug-likeness (QED) is 0.549. The van der Waals surface area contributed by atoms with Crippen molar-refractivity contribution in [2.75, 3.05) is 6.54 Å². The third-order valence-corrected chi connectivity index (χ3v) is 2.63. The van der Waals surface area contributed by atoms with Crippen LogP contribution in [0.4, 0.5) is 0 Å². The van der Waals surface area contributed by atoms with E-state index in [0.717, 1.165) is 18.5 Å². The standard InChI is InChI=1S/C11H15N3O/c12-14(10-6-7-13-11(10)15)8-9-4-2-1-3-5-9/h1-5,10H,6-8,12H2,(H,13,15). The minimum Gasteiger partial charge on any atom is -0.355 e. The SMILES string of the molecule is NN(Cc1ccccc1)C1CCNC1=O. The zero-order valence-corrected chi connectivity index (χ0v) is 8.52. The summed E-state index contributed by atoms with van der Waals surface area (Å²) in [7, 11) is 0. The van der Waals surface area contributed by atoms with Crippen LogP contribution in [0.2, 0.25) is 0 Å². The van der Waals surface area contributed by atoms with Crippen LogP contribution in [0.3, 0.4) is 0 Å². The van der Waals surface area contributed by atoms with Crippen LogP contribution in [0.5, 0.6) is 0 Å². The molecule has 1 saturated heterocycles. The van der Waals surface area contributed by atoms with Gasteiger partial charge in [0.25, 0.3) is 0 Å². The number of nitrogens with two attached hydrogens (primary N) is 1. The van der Waals surface area contributed by atoms with E-state index < -0.39 is 0 Å². The van der Waals surface area contributed by atoms with Gasteiger partial charge in [-0.2, -0.15) is 0 Å². The molecule has 0 aromatic heterocycles. The molecular weight excluding hydrogens is 190 g/mol. The molecule has 15 heavy (non-hydrogen) atoms. The van der Waals surface area contributed by atoms with Crippen molar-refractivity contribution in [3.8, 4) is 0 Å². The highest BCUT2D eigenvalue weighted by Gasteiger charge is 2.28. The topological polar surface area (TPSA) is 58.4 Å². The van der Waals surface area contributed by atoms with Gasteiger partial charge in [-0.1, -0.05) is 30.3 Å². The summed E-state index contributed by atoms with van der Waals surface area (Å²) in [6, 6.07) is 9.74. The molecule has 1 aromatic rings. The van der Waals surface area contributed by atoms with E-state index in [1.807, 2.05) is 30.3 Å². The molecule has 3 N–H and O–H groups in total. The van der Waals surface area contributed by atoms with Crippen molar-refractivity contribution < 1.29 is 4.79 Å². The van der Waals surface area contributed by atoms with Gasteiger partial charge in [0.05, 0.1) is 0 Å². The Morgan fingerprint density at radius 3 is 2.73 bits per heavy atom. The Kier molecular flexibility index (Phi) is 2.99. The molecule has 0 aliphatic carbocycles. The number of nitrogens with zero attached hydrogens (tertiary/aromatic N) is 1. The molecule has 2 rings (SSSR count). The minimum atomic E-state index is -0.176. The Balaban J connectivity index is 1.97. The Labute approximate surface area is 89.0 Å². The Morgan fingerprint density at radius 2 is 2.13 bits per heavy atom. The van der Waals surface area contributed by atoms with Gasteiger partial charge in [-0.15, -0.1) is 0 Å². The van der Waals surface area contributed by atoms with E-state index >= 15 is 0 Å². The summed E-state index contributed by atoms with van der Waals surface area (Å²) >= 11 is 0. The first-order valence-electron chi connectivity index (χ1n) is 5.10. The smallest absolute Gasteiger partial charge is 0.238 e. The lowest BCUT2D eigenvalue weighted by Crippen LogP contribution is -2.44. The highest BCUT2D eigenvalue weighted by molar-refractivity contribution is 5.83. The van der Waals surface area contributed by atoms with Crippen LogP contribution < -0.4 is 11.2 Å². The number of hydrazine groups is 1. The Morgan fingerprint density at radius 1 is 1.40 bits per heavy atom. The second-order valence-corrected chi connectivity index (χ2v) is 3.75. The van der Waals surface area contributed by atoms with E-state index in [0.29, 0.717) is 6.54 Å². The van der Waals surface area contributed by atoms with Gasteiger partial charge < -0.3 is 5.32 Å². The summed E-state index contributed by atoms with van der Waals surface area (Å²) in [5, 5.41) is 4.38. The van der Waals surface area contributed by atoms with Crippen LogP contribution >= 0.6 is 0 Å². The summed E-state index contributed by atoms with van der Waals surface area (Å²) in [6.45, 7) is 1.34. The average molecular weight is 205 g/mol. The van der Waals surface area contributed by atoms with E-state index in [1.165, 1.54) is 0 Å². The molecule has 1 amide bonds. The number of rotatable bonds is 3. The maximum Gasteiger partial charge on any atom is 0.238 e. The van der Waals surface area contributed by atoms with Crippen molar-refractivity contribution in [3.05, 3.63) is 35.9 Å². The maximum atomic E-state index is 11.4. The van der Waals surface area contributed by atoms with Crippen molar-refractivity contribution in [1.29, 1.82) is 0 Å². The highest BCUT2D eigenvalue weighted by atomic mass is 16.2. The van der Waals surface area contributed by atoms with Gasteiger partial charge in [-0.05, 0) is 12.0 Å². The summed E-state index contributed by atoms with van der Waals surface area (Å²) in [4.78, 5) is 11.4. The Hall–Kier alpha value is -1.39. The molecule has 80 valence electrons. The maximum absolute atomic E-state index is 11.4. The van der Waals surface area contributed by atoms with Crippen LogP contribution in [0, 0.1) is 0 Å². The number of nitrogens with one attached hydrogen (secondary N) is 1. The molecule has 0 saturated carbocycles. The summed E-state index contributed by atoms with van der Waals surface area (Å²) in [5.74, 6) is 5.91. The molecule has 1 atom stereocenters. The summed E-state index contributed by atoms with van der Waals surface area (Å²) < 4.78 is 0. The largest absolute Gasteiger partial charge is 0.355 e. The molecule has 4 heteroatoms. The van der Waals surface area contributed by atoms with Gasteiger partial charge in [0.1, 0.15) is 6.04 Å². The van der Waals surface area contributed by atoms with Gasteiger partial charge in [0, 0.05) is 13.1 Å². The number of amides is 1. The third kappa shape index (κ3) is 2.34. The normalized spacial score (nSPS) is 20.7. The minimum absolute atomic E-state index is 0.0356. The summed E-state index contributed by atoms with van der Waals surface area (Å²) in [5.41, 5.74) is 1.12. The van der Waals surface area contributed by atoms with Gasteiger partial charge in [0.15, 0.2) is 0 Å². The predicted molar refractivity (Wildman–Crippen MR) is 57.6 cm³/mol. The first kappa shape index (κ1) is 10.1. The van der Waals surface area contributed by atoms with Gasteiger partial charge in [0.2, 0.25) is 5.91 Å². The van der Waals surface area contributed by atoms with Crippen LogP contribution in [0.15, 0.2) is 30.3 Å². The molecule has 1 heterocycles. The predicted octanol–water partition coefficient (Wildman–Crippen LogP) is 0.251. The molecular formula is C11H15N3O. The van der Waals surface area contributed by atoms with E-state index in [-0.39, 0.29) is 11.9 Å². The lowest BCUT2D eigenvalue weighted by molar-refractivity contribution is -0.123. The molecule has 1 unspecified atom stereocenters. The van der Waals surface area contributed by atoms with Gasteiger partial charge in [-0.25, -0.2) is 5.01 Å². The number of benzene rings is 1. The first-order chi connectivity index (χ1) is 7.27. The number of hydrogen-bond acceptors (Lipinski definition) is 3. The molecule has 1 fully saturated rings. The van der Waals surface area contributed by atoms with Gasteiger partial charge in [-0.3, -0.25) is 10.6 Å². The van der Waals surface area contributed by atoms with Crippen LogP contribution in [-0.4, -0.2) is 23.5 Å². The number of carbonyl (C=O) groups is 1. The van der Waals surface area contributed by atoms with E-state index in [4.69, 9.17) is 5.84 Å². The first-order valence-corrected chi connectivity index (χ1v) is 5.10. The zero-order valence-electron chi connectivity index (χ0n) is 8.52. The van der Waals surface area contributed by atoms with Crippen molar-refractivity contribution in [2.24, 2.45) is 5.84 Å². The van der Waals surface area contributed by atoms with E-state index in [9.17, 15) is 4.79 Å². The molecule has 1 aromatic carbocycles. The van der Waals surface area contributed by atoms with E-state index in [1.54, 1.807) is 5.01 Å². The van der Waals surface area contributed by atoms with Crippen LogP contribution in [0.25, 0.3) is 0 Å². The average Bonchev–Trinajstić information content (AvgIpc) is 2.66. The van der Waals surface area contributed by atoms with Crippen molar-refractivity contribution in [1.82, 2.24) is 10.3 Å². The lowest BCUT2D eigenvalue weighted by atomic mass is 10.2. The second-order valence-electron chi connectivity index (χ2n) is 3.75. The molecule has 4 nitrogen and oxygen atoms in total. The van der Waals surface area contributed by atoms with Crippen molar-refractivity contribution in [2.45, 2.75) is 19.0 Å². The fourth-order valence-electron chi connectivity index (χ4n) is 1.80. The monoisotopic (exact) mass is 205 g/mol. The second kappa shape index (κ2) is 4.42. The zero-order chi connectivity index (χ0) is 10.7. The molecule has 0 radical (unpaired) electrons. The Bertz CT molecular complexity index is 339. The molecule has 1 aliphatic rings. The number of hydrogen-bond donors (Lipinski definition) is 2. The van der Waals surface area contributed by atoms with Crippen molar-refractivity contribution >= 4 is 5.91 Å². The third-order valence-electron chi connectivity index (χ3n) is 2.63. The fraction of sp³-hybridized carbons (Fsp3) is 0.364. The molecule has 1 aliphatic heterocycles. The molecule has 0 spiro atoms.